The van der Waals surface area contributed by atoms with Gasteiger partial charge in [0.25, 0.3) is 5.91 Å². The van der Waals surface area contributed by atoms with E-state index in [1.165, 1.54) is 0 Å². The molecule has 0 aliphatic rings. The lowest BCUT2D eigenvalue weighted by Gasteiger charge is -2.14. The summed E-state index contributed by atoms with van der Waals surface area (Å²) in [5, 5.41) is 8.12. The maximum Gasteiger partial charge on any atom is 0.260 e. The van der Waals surface area contributed by atoms with Crippen LogP contribution in [-0.2, 0) is 0 Å². The first-order valence-electron chi connectivity index (χ1n) is 11.3. The fourth-order valence-corrected chi connectivity index (χ4v) is 3.88. The molecule has 0 saturated heterocycles. The number of anilines is 3. The van der Waals surface area contributed by atoms with Crippen molar-refractivity contribution in [3.05, 3.63) is 96.8 Å². The van der Waals surface area contributed by atoms with Gasteiger partial charge in [-0.05, 0) is 55.0 Å². The van der Waals surface area contributed by atoms with Gasteiger partial charge in [0.2, 0.25) is 0 Å². The maximum atomic E-state index is 13.3. The van der Waals surface area contributed by atoms with Crippen LogP contribution < -0.4 is 15.4 Å². The molecule has 35 heavy (non-hydrogen) atoms. The minimum absolute atomic E-state index is 0.220. The molecule has 0 spiro atoms. The summed E-state index contributed by atoms with van der Waals surface area (Å²) < 4.78 is 7.57. The summed E-state index contributed by atoms with van der Waals surface area (Å²) in [6, 6.07) is 20.9. The molecule has 0 atom stereocenters. The largest absolute Gasteiger partial charge is 0.493 e. The van der Waals surface area contributed by atoms with Crippen LogP contribution in [0.3, 0.4) is 0 Å². The average molecular weight is 465 g/mol. The number of aromatic nitrogens is 4. The van der Waals surface area contributed by atoms with E-state index in [1.54, 1.807) is 12.5 Å². The molecule has 1 amide bonds. The van der Waals surface area contributed by atoms with Gasteiger partial charge in [0.05, 0.1) is 12.2 Å². The van der Waals surface area contributed by atoms with Crippen LogP contribution in [-0.4, -0.2) is 32.0 Å². The molecule has 0 unspecified atom stereocenters. The molecule has 0 aliphatic carbocycles. The zero-order valence-electron chi connectivity index (χ0n) is 19.4. The van der Waals surface area contributed by atoms with Gasteiger partial charge in [0.15, 0.2) is 0 Å². The van der Waals surface area contributed by atoms with E-state index in [0.29, 0.717) is 35.2 Å². The Labute approximate surface area is 202 Å². The molecule has 8 nitrogen and oxygen atoms in total. The molecular weight excluding hydrogens is 440 g/mol. The van der Waals surface area contributed by atoms with Crippen molar-refractivity contribution in [1.82, 2.24) is 19.5 Å². The van der Waals surface area contributed by atoms with Crippen LogP contribution in [0.1, 0.15) is 23.1 Å². The van der Waals surface area contributed by atoms with E-state index in [0.717, 1.165) is 22.3 Å². The van der Waals surface area contributed by atoms with Crippen molar-refractivity contribution in [3.8, 4) is 11.6 Å². The second-order valence-corrected chi connectivity index (χ2v) is 7.88. The lowest BCUT2D eigenvalue weighted by atomic mass is 10.0. The van der Waals surface area contributed by atoms with Crippen molar-refractivity contribution < 1.29 is 9.53 Å². The highest BCUT2D eigenvalue weighted by molar-refractivity contribution is 6.15. The zero-order chi connectivity index (χ0) is 24.2. The number of carbonyl (C=O) groups is 1. The van der Waals surface area contributed by atoms with Gasteiger partial charge in [-0.3, -0.25) is 9.36 Å². The number of benzene rings is 3. The number of aryl methyl sites for hydroxylation is 1. The average Bonchev–Trinajstić information content (AvgIpc) is 3.40. The van der Waals surface area contributed by atoms with Crippen molar-refractivity contribution >= 4 is 33.9 Å². The van der Waals surface area contributed by atoms with E-state index in [-0.39, 0.29) is 5.91 Å². The van der Waals surface area contributed by atoms with E-state index in [2.05, 4.69) is 25.6 Å². The van der Waals surface area contributed by atoms with E-state index in [4.69, 9.17) is 4.74 Å². The predicted octanol–water partition coefficient (Wildman–Crippen LogP) is 5.52. The normalized spacial score (nSPS) is 10.8. The van der Waals surface area contributed by atoms with Gasteiger partial charge in [-0.1, -0.05) is 30.3 Å². The van der Waals surface area contributed by atoms with Crippen LogP contribution in [0.15, 0.2) is 85.5 Å². The Kier molecular flexibility index (Phi) is 6.09. The first-order valence-corrected chi connectivity index (χ1v) is 11.3. The van der Waals surface area contributed by atoms with E-state index < -0.39 is 0 Å². The molecule has 0 saturated carbocycles. The molecule has 0 aliphatic heterocycles. The van der Waals surface area contributed by atoms with Crippen LogP contribution in [0.5, 0.6) is 5.75 Å². The van der Waals surface area contributed by atoms with E-state index in [9.17, 15) is 4.79 Å². The topological polar surface area (TPSA) is 94.0 Å². The van der Waals surface area contributed by atoms with Crippen LogP contribution in [0.4, 0.5) is 17.2 Å². The molecule has 0 bridgehead atoms. The summed E-state index contributed by atoms with van der Waals surface area (Å²) in [6.07, 6.45) is 5.22. The molecule has 5 aromatic rings. The number of fused-ring (bicyclic) bond motifs is 1. The number of nitrogens with zero attached hydrogens (tertiary/aromatic N) is 4. The minimum atomic E-state index is -0.220. The summed E-state index contributed by atoms with van der Waals surface area (Å²) in [4.78, 5) is 26.2. The molecule has 2 heterocycles. The molecule has 0 fully saturated rings. The molecule has 2 aromatic heterocycles. The zero-order valence-corrected chi connectivity index (χ0v) is 19.4. The Morgan fingerprint density at radius 2 is 1.80 bits per heavy atom. The second kappa shape index (κ2) is 9.64. The Morgan fingerprint density at radius 3 is 2.57 bits per heavy atom. The molecule has 0 radical (unpaired) electrons. The summed E-state index contributed by atoms with van der Waals surface area (Å²) >= 11 is 0. The number of imidazole rings is 1. The van der Waals surface area contributed by atoms with Gasteiger partial charge in [-0.15, -0.1) is 0 Å². The number of rotatable bonds is 7. The quantitative estimate of drug-likeness (QED) is 0.329. The third-order valence-electron chi connectivity index (χ3n) is 5.43. The summed E-state index contributed by atoms with van der Waals surface area (Å²) in [6.45, 7) is 4.22. The molecule has 3 aromatic carbocycles. The SMILES string of the molecule is CCOc1ccc2ccccc2c1C(=O)Nc1ccc(Nc2cc(-n3ccnc3)nc(C)n2)cc1. The summed E-state index contributed by atoms with van der Waals surface area (Å²) in [5.41, 5.74) is 2.03. The first kappa shape index (κ1) is 22.1. The Bertz CT molecular complexity index is 1480. The summed E-state index contributed by atoms with van der Waals surface area (Å²) in [5.74, 6) is 2.37. The van der Waals surface area contributed by atoms with Crippen LogP contribution in [0, 0.1) is 6.92 Å². The van der Waals surface area contributed by atoms with Crippen LogP contribution >= 0.6 is 0 Å². The Hall–Kier alpha value is -4.72. The molecule has 5 rings (SSSR count). The second-order valence-electron chi connectivity index (χ2n) is 7.88. The monoisotopic (exact) mass is 464 g/mol. The van der Waals surface area contributed by atoms with Gasteiger partial charge in [-0.25, -0.2) is 15.0 Å². The molecular formula is C27H24N6O2. The van der Waals surface area contributed by atoms with Crippen molar-refractivity contribution in [2.24, 2.45) is 0 Å². The molecule has 2 N–H and O–H groups in total. The highest BCUT2D eigenvalue weighted by atomic mass is 16.5. The molecule has 8 heteroatoms. The van der Waals surface area contributed by atoms with Crippen LogP contribution in [0.2, 0.25) is 0 Å². The summed E-state index contributed by atoms with van der Waals surface area (Å²) in [7, 11) is 0. The predicted molar refractivity (Wildman–Crippen MR) is 137 cm³/mol. The van der Waals surface area contributed by atoms with Gasteiger partial charge in [-0.2, -0.15) is 0 Å². The Balaban J connectivity index is 1.35. The lowest BCUT2D eigenvalue weighted by molar-refractivity contribution is 0.102. The van der Waals surface area contributed by atoms with Crippen molar-refractivity contribution in [1.29, 1.82) is 0 Å². The number of carbonyl (C=O) groups excluding carboxylic acids is 1. The van der Waals surface area contributed by atoms with Crippen LogP contribution in [0.25, 0.3) is 16.6 Å². The maximum absolute atomic E-state index is 13.3. The van der Waals surface area contributed by atoms with Gasteiger partial charge >= 0.3 is 0 Å². The first-order chi connectivity index (χ1) is 17.1. The fourth-order valence-electron chi connectivity index (χ4n) is 3.88. The third-order valence-corrected chi connectivity index (χ3v) is 5.43. The van der Waals surface area contributed by atoms with Crippen molar-refractivity contribution in [3.63, 3.8) is 0 Å². The smallest absolute Gasteiger partial charge is 0.260 e. The van der Waals surface area contributed by atoms with Gasteiger partial charge in [0, 0.05) is 29.8 Å². The number of amides is 1. The third kappa shape index (κ3) is 4.81. The van der Waals surface area contributed by atoms with E-state index in [1.807, 2.05) is 91.3 Å². The minimum Gasteiger partial charge on any atom is -0.493 e. The molecule has 174 valence electrons. The number of nitrogens with one attached hydrogen (secondary N) is 2. The Morgan fingerprint density at radius 1 is 1.00 bits per heavy atom. The van der Waals surface area contributed by atoms with E-state index >= 15 is 0 Å². The lowest BCUT2D eigenvalue weighted by Crippen LogP contribution is -2.14. The van der Waals surface area contributed by atoms with Gasteiger partial charge < -0.3 is 15.4 Å². The van der Waals surface area contributed by atoms with Crippen molar-refractivity contribution in [2.75, 3.05) is 17.2 Å². The highest BCUT2D eigenvalue weighted by Crippen LogP contribution is 2.29. The van der Waals surface area contributed by atoms with Crippen molar-refractivity contribution in [2.45, 2.75) is 13.8 Å². The number of ether oxygens (including phenoxy) is 1. The van der Waals surface area contributed by atoms with Gasteiger partial charge in [0.1, 0.15) is 29.5 Å². The fraction of sp³-hybridized carbons (Fsp3) is 0.111. The number of hydrogen-bond acceptors (Lipinski definition) is 6. The standard InChI is InChI=1S/C27H24N6O2/c1-3-35-23-13-8-19-6-4-5-7-22(19)26(23)27(34)32-21-11-9-20(10-12-21)31-24-16-25(30-18(2)29-24)33-15-14-28-17-33/h4-17H,3H2,1-2H3,(H,32,34)(H,29,30,31). The highest BCUT2D eigenvalue weighted by Gasteiger charge is 2.17. The number of hydrogen-bond donors (Lipinski definition) is 2.